The zero-order chi connectivity index (χ0) is 21.2. The van der Waals surface area contributed by atoms with Crippen molar-refractivity contribution in [2.45, 2.75) is 39.3 Å². The van der Waals surface area contributed by atoms with Gasteiger partial charge in [0.25, 0.3) is 5.56 Å². The third kappa shape index (κ3) is 8.83. The van der Waals surface area contributed by atoms with E-state index in [1.807, 2.05) is 19.9 Å². The minimum absolute atomic E-state index is 0. The number of rotatable bonds is 9. The van der Waals surface area contributed by atoms with Gasteiger partial charge in [0.2, 0.25) is 0 Å². The van der Waals surface area contributed by atoms with Gasteiger partial charge in [0.1, 0.15) is 0 Å². The molecule has 0 fully saturated rings. The van der Waals surface area contributed by atoms with Crippen LogP contribution in [-0.4, -0.2) is 35.3 Å². The van der Waals surface area contributed by atoms with Crippen molar-refractivity contribution in [3.8, 4) is 0 Å². The highest BCUT2D eigenvalue weighted by Crippen LogP contribution is 2.23. The van der Waals surface area contributed by atoms with Gasteiger partial charge in [-0.25, -0.2) is 0 Å². The van der Waals surface area contributed by atoms with E-state index in [4.69, 9.17) is 23.2 Å². The first kappa shape index (κ1) is 26.7. The van der Waals surface area contributed by atoms with Gasteiger partial charge in [0, 0.05) is 41.4 Å². The fraction of sp³-hybridized carbons (Fsp3) is 0.429. The highest BCUT2D eigenvalue weighted by atomic mass is 127. The number of benzene rings is 1. The second-order valence-corrected chi connectivity index (χ2v) is 7.60. The molecule has 1 atom stereocenters. The van der Waals surface area contributed by atoms with Crippen LogP contribution in [-0.2, 0) is 6.54 Å². The molecule has 1 unspecified atom stereocenters. The van der Waals surface area contributed by atoms with E-state index in [1.165, 1.54) is 0 Å². The van der Waals surface area contributed by atoms with Crippen LogP contribution in [0.2, 0.25) is 10.0 Å². The minimum Gasteiger partial charge on any atom is -0.386 e. The Hall–Kier alpha value is -1.29. The van der Waals surface area contributed by atoms with Crippen LogP contribution in [0.5, 0.6) is 0 Å². The summed E-state index contributed by atoms with van der Waals surface area (Å²) in [6.45, 7) is 6.22. The van der Waals surface area contributed by atoms with Crippen LogP contribution in [0.15, 0.2) is 46.2 Å². The molecule has 166 valence electrons. The largest absolute Gasteiger partial charge is 0.386 e. The van der Waals surface area contributed by atoms with Gasteiger partial charge < -0.3 is 20.3 Å². The highest BCUT2D eigenvalue weighted by Gasteiger charge is 2.10. The van der Waals surface area contributed by atoms with Crippen LogP contribution in [0.1, 0.15) is 37.1 Å². The number of unbranched alkanes of at least 4 members (excludes halogenated alkanes) is 1. The fourth-order valence-corrected chi connectivity index (χ4v) is 3.45. The number of nitrogens with zero attached hydrogens (tertiary/aromatic N) is 2. The zero-order valence-electron chi connectivity index (χ0n) is 17.2. The molecule has 0 amide bonds. The number of aromatic nitrogens is 1. The van der Waals surface area contributed by atoms with E-state index in [0.29, 0.717) is 41.2 Å². The van der Waals surface area contributed by atoms with Crippen LogP contribution >= 0.6 is 47.2 Å². The Morgan fingerprint density at radius 3 is 2.50 bits per heavy atom. The number of hydrogen-bond acceptors (Lipinski definition) is 3. The van der Waals surface area contributed by atoms with E-state index in [-0.39, 0.29) is 36.1 Å². The number of guanidine groups is 1. The number of aliphatic hydroxyl groups excluding tert-OH is 1. The Labute approximate surface area is 204 Å². The van der Waals surface area contributed by atoms with Gasteiger partial charge in [-0.05, 0) is 56.5 Å². The zero-order valence-corrected chi connectivity index (χ0v) is 21.0. The third-order valence-corrected chi connectivity index (χ3v) is 4.84. The average molecular weight is 567 g/mol. The first-order valence-corrected chi connectivity index (χ1v) is 10.5. The van der Waals surface area contributed by atoms with E-state index >= 15 is 0 Å². The number of pyridine rings is 1. The maximum atomic E-state index is 11.9. The maximum absolute atomic E-state index is 11.9. The van der Waals surface area contributed by atoms with Crippen molar-refractivity contribution < 1.29 is 5.11 Å². The van der Waals surface area contributed by atoms with E-state index < -0.39 is 6.10 Å². The summed E-state index contributed by atoms with van der Waals surface area (Å²) in [6, 6.07) is 10.3. The van der Waals surface area contributed by atoms with E-state index in [9.17, 15) is 9.90 Å². The summed E-state index contributed by atoms with van der Waals surface area (Å²) in [5.41, 5.74) is 1.63. The minimum atomic E-state index is -0.797. The van der Waals surface area contributed by atoms with Gasteiger partial charge in [0.15, 0.2) is 5.96 Å². The molecule has 30 heavy (non-hydrogen) atoms. The monoisotopic (exact) mass is 566 g/mol. The predicted octanol–water partition coefficient (Wildman–Crippen LogP) is 4.15. The first-order valence-electron chi connectivity index (χ1n) is 9.73. The SMILES string of the molecule is CCNC(=NCC(O)c1cc(Cl)cc(Cl)c1)NCCCCn1c(C)cccc1=O.I. The standard InChI is InChI=1S/C21H28Cl2N4O2.HI/c1-3-24-21(26-14-19(28)16-11-17(22)13-18(23)12-16)25-9-4-5-10-27-15(2)7-6-8-20(27)29;/h6-8,11-13,19,28H,3-5,9-10,14H2,1-2H3,(H2,24,25,26);1H. The molecule has 1 aromatic heterocycles. The van der Waals surface area contributed by atoms with Crippen molar-refractivity contribution in [1.82, 2.24) is 15.2 Å². The third-order valence-electron chi connectivity index (χ3n) is 4.41. The first-order chi connectivity index (χ1) is 13.9. The van der Waals surface area contributed by atoms with E-state index in [1.54, 1.807) is 34.9 Å². The molecule has 0 aliphatic rings. The molecular weight excluding hydrogens is 538 g/mol. The molecule has 2 aromatic rings. The van der Waals surface area contributed by atoms with E-state index in [2.05, 4.69) is 15.6 Å². The summed E-state index contributed by atoms with van der Waals surface area (Å²) in [5, 5.41) is 17.7. The normalized spacial score (nSPS) is 12.2. The van der Waals surface area contributed by atoms with Gasteiger partial charge in [-0.1, -0.05) is 29.3 Å². The molecule has 0 radical (unpaired) electrons. The number of aliphatic hydroxyl groups is 1. The Morgan fingerprint density at radius 1 is 1.17 bits per heavy atom. The maximum Gasteiger partial charge on any atom is 0.250 e. The van der Waals surface area contributed by atoms with Crippen molar-refractivity contribution in [3.63, 3.8) is 0 Å². The smallest absolute Gasteiger partial charge is 0.250 e. The van der Waals surface area contributed by atoms with Crippen molar-refractivity contribution >= 4 is 53.1 Å². The lowest BCUT2D eigenvalue weighted by molar-refractivity contribution is 0.187. The lowest BCUT2D eigenvalue weighted by Crippen LogP contribution is -2.38. The van der Waals surface area contributed by atoms with E-state index in [0.717, 1.165) is 18.5 Å². The Bertz CT molecular complexity index is 869. The Kier molecular flexibility index (Phi) is 12.4. The fourth-order valence-electron chi connectivity index (χ4n) is 2.90. The summed E-state index contributed by atoms with van der Waals surface area (Å²) >= 11 is 12.0. The summed E-state index contributed by atoms with van der Waals surface area (Å²) < 4.78 is 1.78. The molecule has 0 saturated carbocycles. The van der Waals surface area contributed by atoms with Crippen molar-refractivity contribution in [3.05, 3.63) is 68.1 Å². The van der Waals surface area contributed by atoms with Crippen LogP contribution in [0.4, 0.5) is 0 Å². The lowest BCUT2D eigenvalue weighted by Gasteiger charge is -2.14. The van der Waals surface area contributed by atoms with Crippen LogP contribution in [0, 0.1) is 6.92 Å². The second kappa shape index (κ2) is 13.9. The molecule has 1 heterocycles. The topological polar surface area (TPSA) is 78.7 Å². The number of aryl methyl sites for hydroxylation is 1. The van der Waals surface area contributed by atoms with Gasteiger partial charge in [-0.2, -0.15) is 0 Å². The summed E-state index contributed by atoms with van der Waals surface area (Å²) in [4.78, 5) is 16.3. The number of halogens is 3. The molecule has 0 aliphatic carbocycles. The van der Waals surface area contributed by atoms with Crippen LogP contribution in [0.3, 0.4) is 0 Å². The van der Waals surface area contributed by atoms with Crippen molar-refractivity contribution in [2.24, 2.45) is 4.99 Å². The molecular formula is C21H29Cl2IN4O2. The van der Waals surface area contributed by atoms with Crippen LogP contribution in [0.25, 0.3) is 0 Å². The summed E-state index contributed by atoms with van der Waals surface area (Å²) in [6.07, 6.45) is 0.966. The molecule has 6 nitrogen and oxygen atoms in total. The Morgan fingerprint density at radius 2 is 1.87 bits per heavy atom. The predicted molar refractivity (Wildman–Crippen MR) is 135 cm³/mol. The average Bonchev–Trinajstić information content (AvgIpc) is 2.66. The number of hydrogen-bond donors (Lipinski definition) is 3. The molecule has 3 N–H and O–H groups in total. The molecule has 9 heteroatoms. The molecule has 0 saturated heterocycles. The summed E-state index contributed by atoms with van der Waals surface area (Å²) in [5.74, 6) is 0.632. The number of aliphatic imine (C=N–C) groups is 1. The summed E-state index contributed by atoms with van der Waals surface area (Å²) in [7, 11) is 0. The van der Waals surface area contributed by atoms with Gasteiger partial charge in [-0.15, -0.1) is 24.0 Å². The molecule has 0 bridgehead atoms. The Balaban J connectivity index is 0.00000450. The number of nitrogens with one attached hydrogen (secondary N) is 2. The van der Waals surface area contributed by atoms with Crippen LogP contribution < -0.4 is 16.2 Å². The van der Waals surface area contributed by atoms with Gasteiger partial charge >= 0.3 is 0 Å². The molecule has 0 spiro atoms. The second-order valence-electron chi connectivity index (χ2n) is 6.73. The van der Waals surface area contributed by atoms with Crippen molar-refractivity contribution in [2.75, 3.05) is 19.6 Å². The molecule has 0 aliphatic heterocycles. The molecule has 2 rings (SSSR count). The van der Waals surface area contributed by atoms with Gasteiger partial charge in [-0.3, -0.25) is 9.79 Å². The van der Waals surface area contributed by atoms with Crippen molar-refractivity contribution in [1.29, 1.82) is 0 Å². The highest BCUT2D eigenvalue weighted by molar-refractivity contribution is 14.0. The quantitative estimate of drug-likeness (QED) is 0.184. The van der Waals surface area contributed by atoms with Gasteiger partial charge in [0.05, 0.1) is 12.6 Å². The molecule has 1 aromatic carbocycles. The lowest BCUT2D eigenvalue weighted by atomic mass is 10.1.